The van der Waals surface area contributed by atoms with Crippen molar-refractivity contribution < 1.29 is 9.18 Å². The van der Waals surface area contributed by atoms with Crippen molar-refractivity contribution in [1.29, 1.82) is 0 Å². The number of nitrogens with zero attached hydrogens (tertiary/aromatic N) is 4. The number of thioether (sulfide) groups is 1. The maximum absolute atomic E-state index is 14.8. The van der Waals surface area contributed by atoms with Gasteiger partial charge in [-0.3, -0.25) is 19.6 Å². The van der Waals surface area contributed by atoms with Gasteiger partial charge in [0.15, 0.2) is 5.82 Å². The highest BCUT2D eigenvalue weighted by Gasteiger charge is 2.24. The number of aliphatic imine (C=N–C) groups is 1. The highest BCUT2D eigenvalue weighted by molar-refractivity contribution is 8.03. The first kappa shape index (κ1) is 28.8. The van der Waals surface area contributed by atoms with E-state index in [0.29, 0.717) is 41.0 Å². The summed E-state index contributed by atoms with van der Waals surface area (Å²) >= 11 is 1.47. The molecule has 2 heterocycles. The number of nitrogens with one attached hydrogen (secondary N) is 1. The summed E-state index contributed by atoms with van der Waals surface area (Å²) in [6.07, 6.45) is 7.22. The number of carbonyl (C=O) groups excluding carboxylic acids is 1. The molecule has 2 aromatic rings. The van der Waals surface area contributed by atoms with Crippen molar-refractivity contribution in [2.75, 3.05) is 30.8 Å². The molecule has 0 bridgehead atoms. The number of allylic oxidation sites excluding steroid dienone is 1. The minimum atomic E-state index is -0.412. The summed E-state index contributed by atoms with van der Waals surface area (Å²) in [6.45, 7) is 10.9. The molecule has 9 heteroatoms. The van der Waals surface area contributed by atoms with Crippen LogP contribution in [0.1, 0.15) is 46.5 Å². The van der Waals surface area contributed by atoms with Crippen molar-refractivity contribution in [3.63, 3.8) is 0 Å². The van der Waals surface area contributed by atoms with Crippen LogP contribution in [0, 0.1) is 11.7 Å². The Labute approximate surface area is 222 Å². The number of aromatic nitrogens is 2. The standard InChI is InChI=1S/C28H38FN5O2S/c1-18(2)25(37-17-20(4)35)15-30-19(3)13-31-22-9-7-21(8-10-22)16-33(5)27-23(29)14-32-24-11-12-26(36)34(6)28(24)27/h11-12,14-15,21-22,31H,1,7-10,13,16-17H2,2-6H3/b25-15+,30-19?. The van der Waals surface area contributed by atoms with Crippen LogP contribution in [0.15, 0.2) is 51.4 Å². The lowest BCUT2D eigenvalue weighted by molar-refractivity contribution is -0.114. The Bertz CT molecular complexity index is 1260. The largest absolute Gasteiger partial charge is 0.370 e. The maximum atomic E-state index is 14.8. The maximum Gasteiger partial charge on any atom is 0.250 e. The van der Waals surface area contributed by atoms with Crippen LogP contribution >= 0.6 is 11.8 Å². The van der Waals surface area contributed by atoms with E-state index >= 15 is 0 Å². The van der Waals surface area contributed by atoms with Crippen LogP contribution in [0.5, 0.6) is 0 Å². The number of aryl methyl sites for hydroxylation is 1. The van der Waals surface area contributed by atoms with Crippen LogP contribution in [0.25, 0.3) is 11.0 Å². The lowest BCUT2D eigenvalue weighted by Gasteiger charge is -2.33. The van der Waals surface area contributed by atoms with Crippen molar-refractivity contribution in [1.82, 2.24) is 14.9 Å². The molecular formula is C28H38FN5O2S. The quantitative estimate of drug-likeness (QED) is 0.332. The van der Waals surface area contributed by atoms with Gasteiger partial charge in [-0.05, 0) is 64.0 Å². The molecular weight excluding hydrogens is 489 g/mol. The molecule has 7 nitrogen and oxygen atoms in total. The summed E-state index contributed by atoms with van der Waals surface area (Å²) in [7, 11) is 3.55. The summed E-state index contributed by atoms with van der Waals surface area (Å²) in [5.74, 6) is 0.586. The molecule has 0 amide bonds. The lowest BCUT2D eigenvalue weighted by atomic mass is 9.85. The molecule has 200 valence electrons. The third-order valence-corrected chi connectivity index (χ3v) is 8.04. The molecule has 1 aliphatic carbocycles. The second kappa shape index (κ2) is 13.1. The van der Waals surface area contributed by atoms with Gasteiger partial charge in [0.2, 0.25) is 0 Å². The van der Waals surface area contributed by atoms with E-state index in [-0.39, 0.29) is 11.3 Å². The van der Waals surface area contributed by atoms with Gasteiger partial charge >= 0.3 is 0 Å². The summed E-state index contributed by atoms with van der Waals surface area (Å²) < 4.78 is 16.3. The number of Topliss-reactive ketones (excluding diaryl/α,β-unsaturated/α-hetero) is 1. The molecule has 0 aliphatic heterocycles. The van der Waals surface area contributed by atoms with Crippen molar-refractivity contribution in [3.8, 4) is 0 Å². The fraction of sp³-hybridized carbons (Fsp3) is 0.500. The lowest BCUT2D eigenvalue weighted by Crippen LogP contribution is -2.38. The predicted octanol–water partition coefficient (Wildman–Crippen LogP) is 4.86. The minimum Gasteiger partial charge on any atom is -0.370 e. The van der Waals surface area contributed by atoms with Crippen LogP contribution in [-0.2, 0) is 11.8 Å². The average molecular weight is 528 g/mol. The van der Waals surface area contributed by atoms with Gasteiger partial charge in [-0.2, -0.15) is 0 Å². The van der Waals surface area contributed by atoms with Crippen molar-refractivity contribution in [2.45, 2.75) is 52.5 Å². The van der Waals surface area contributed by atoms with Gasteiger partial charge in [-0.1, -0.05) is 6.58 Å². The summed E-state index contributed by atoms with van der Waals surface area (Å²) in [5, 5.41) is 3.61. The van der Waals surface area contributed by atoms with Crippen LogP contribution in [0.2, 0.25) is 0 Å². The molecule has 1 fully saturated rings. The fourth-order valence-electron chi connectivity index (χ4n) is 4.66. The van der Waals surface area contributed by atoms with Crippen LogP contribution < -0.4 is 15.8 Å². The zero-order valence-corrected chi connectivity index (χ0v) is 23.3. The SMILES string of the molecule is C=C(C)/C(=C\N=C(C)CNC1CCC(CN(C)c2c(F)cnc3ccc(=O)n(C)c23)CC1)SCC(C)=O. The predicted molar refractivity (Wildman–Crippen MR) is 153 cm³/mol. The number of hydrogen-bond acceptors (Lipinski definition) is 7. The molecule has 1 aliphatic rings. The van der Waals surface area contributed by atoms with Gasteiger partial charge in [0.25, 0.3) is 5.56 Å². The topological polar surface area (TPSA) is 79.6 Å². The van der Waals surface area contributed by atoms with Gasteiger partial charge in [0.05, 0.1) is 23.0 Å². The molecule has 0 radical (unpaired) electrons. The fourth-order valence-corrected chi connectivity index (χ4v) is 5.39. The smallest absolute Gasteiger partial charge is 0.250 e. The monoisotopic (exact) mass is 527 g/mol. The number of rotatable bonds is 11. The molecule has 0 aromatic carbocycles. The molecule has 2 aromatic heterocycles. The first-order valence-corrected chi connectivity index (χ1v) is 13.7. The highest BCUT2D eigenvalue weighted by Crippen LogP contribution is 2.30. The van der Waals surface area contributed by atoms with E-state index < -0.39 is 5.82 Å². The van der Waals surface area contributed by atoms with Crippen molar-refractivity contribution >= 4 is 40.0 Å². The molecule has 0 unspecified atom stereocenters. The Morgan fingerprint density at radius 1 is 1.30 bits per heavy atom. The molecule has 0 atom stereocenters. The molecule has 0 saturated heterocycles. The molecule has 0 spiro atoms. The number of halogens is 1. The normalized spacial score (nSPS) is 18.8. The van der Waals surface area contributed by atoms with E-state index in [0.717, 1.165) is 48.4 Å². The first-order valence-electron chi connectivity index (χ1n) is 12.7. The van der Waals surface area contributed by atoms with Gasteiger partial charge in [-0.15, -0.1) is 11.8 Å². The molecule has 37 heavy (non-hydrogen) atoms. The molecule has 3 rings (SSSR count). The van der Waals surface area contributed by atoms with Crippen molar-refractivity contribution in [3.05, 3.63) is 57.8 Å². The Balaban J connectivity index is 1.54. The third-order valence-electron chi connectivity index (χ3n) is 6.72. The summed E-state index contributed by atoms with van der Waals surface area (Å²) in [4.78, 5) is 35.0. The Hall–Kier alpha value is -2.78. The summed E-state index contributed by atoms with van der Waals surface area (Å²) in [5.41, 5.74) is 3.28. The first-order chi connectivity index (χ1) is 17.6. The van der Waals surface area contributed by atoms with E-state index in [2.05, 4.69) is 21.9 Å². The van der Waals surface area contributed by atoms with E-state index in [1.807, 2.05) is 25.8 Å². The number of anilines is 1. The van der Waals surface area contributed by atoms with Crippen molar-refractivity contribution in [2.24, 2.45) is 18.0 Å². The number of pyridine rings is 2. The Kier molecular flexibility index (Phi) is 10.2. The van der Waals surface area contributed by atoms with Crippen LogP contribution in [0.3, 0.4) is 0 Å². The van der Waals surface area contributed by atoms with E-state index in [9.17, 15) is 14.0 Å². The minimum absolute atomic E-state index is 0.131. The Morgan fingerprint density at radius 3 is 2.65 bits per heavy atom. The highest BCUT2D eigenvalue weighted by atomic mass is 32.2. The van der Waals surface area contributed by atoms with Crippen LogP contribution in [-0.4, -0.2) is 53.0 Å². The zero-order valence-electron chi connectivity index (χ0n) is 22.5. The van der Waals surface area contributed by atoms with E-state index in [1.54, 1.807) is 26.2 Å². The van der Waals surface area contributed by atoms with Crippen LogP contribution in [0.4, 0.5) is 10.1 Å². The number of fused-ring (bicyclic) bond motifs is 1. The molecule has 1 saturated carbocycles. The second-order valence-electron chi connectivity index (χ2n) is 10.0. The molecule has 1 N–H and O–H groups in total. The van der Waals surface area contributed by atoms with Gasteiger partial charge in [-0.25, -0.2) is 4.39 Å². The average Bonchev–Trinajstić information content (AvgIpc) is 2.85. The second-order valence-corrected chi connectivity index (χ2v) is 11.0. The van der Waals surface area contributed by atoms with E-state index in [1.165, 1.54) is 28.6 Å². The zero-order chi connectivity index (χ0) is 27.1. The number of carbonyl (C=O) groups is 1. The summed E-state index contributed by atoms with van der Waals surface area (Å²) in [6, 6.07) is 3.53. The third kappa shape index (κ3) is 7.85. The van der Waals surface area contributed by atoms with Gasteiger partial charge < -0.3 is 14.8 Å². The van der Waals surface area contributed by atoms with Gasteiger partial charge in [0.1, 0.15) is 11.5 Å². The number of hydrogen-bond donors (Lipinski definition) is 1. The van der Waals surface area contributed by atoms with Gasteiger partial charge in [0, 0.05) is 56.1 Å². The van der Waals surface area contributed by atoms with E-state index in [4.69, 9.17) is 0 Å². The Morgan fingerprint density at radius 2 is 2.00 bits per heavy atom. The number of ketones is 1.